The zero-order valence-electron chi connectivity index (χ0n) is 19.7. The fraction of sp³-hybridized carbons (Fsp3) is 0.280. The Morgan fingerprint density at radius 2 is 1.83 bits per heavy atom. The number of halogens is 1. The van der Waals surface area contributed by atoms with Gasteiger partial charge in [0.2, 0.25) is 11.3 Å². The van der Waals surface area contributed by atoms with Crippen LogP contribution in [0.3, 0.4) is 0 Å². The van der Waals surface area contributed by atoms with Gasteiger partial charge in [-0.05, 0) is 30.3 Å². The molecule has 0 radical (unpaired) electrons. The Kier molecular flexibility index (Phi) is 7.59. The zero-order valence-corrected chi connectivity index (χ0v) is 19.7. The number of nitro groups is 1. The van der Waals surface area contributed by atoms with Gasteiger partial charge in [-0.2, -0.15) is 0 Å². The van der Waals surface area contributed by atoms with E-state index in [1.54, 1.807) is 22.8 Å². The van der Waals surface area contributed by atoms with Gasteiger partial charge >= 0.3 is 0 Å². The zero-order chi connectivity index (χ0) is 25.7. The van der Waals surface area contributed by atoms with Crippen LogP contribution in [0.5, 0.6) is 5.75 Å². The van der Waals surface area contributed by atoms with Crippen LogP contribution in [-0.2, 0) is 17.9 Å². The Bertz CT molecular complexity index is 1300. The largest absolute Gasteiger partial charge is 0.491 e. The lowest BCUT2D eigenvalue weighted by atomic mass is 10.2. The van der Waals surface area contributed by atoms with Gasteiger partial charge < -0.3 is 19.5 Å². The van der Waals surface area contributed by atoms with Crippen molar-refractivity contribution in [2.24, 2.45) is 0 Å². The SMILES string of the molecule is COc1cn(CC(=O)Nc2cccc([N+](=O)[O-])c2)c(CN2CCN(c3ccc(F)cc3)CC2)cc1=O. The third-order valence-corrected chi connectivity index (χ3v) is 6.01. The van der Waals surface area contributed by atoms with Crippen molar-refractivity contribution < 1.29 is 18.8 Å². The van der Waals surface area contributed by atoms with Crippen LogP contribution < -0.4 is 20.4 Å². The lowest BCUT2D eigenvalue weighted by Crippen LogP contribution is -2.46. The third kappa shape index (κ3) is 6.05. The molecule has 0 saturated carbocycles. The second-order valence-electron chi connectivity index (χ2n) is 8.42. The summed E-state index contributed by atoms with van der Waals surface area (Å²) in [6.07, 6.45) is 1.50. The van der Waals surface area contributed by atoms with Gasteiger partial charge in [0.25, 0.3) is 5.69 Å². The highest BCUT2D eigenvalue weighted by atomic mass is 19.1. The van der Waals surface area contributed by atoms with Crippen LogP contribution in [0.2, 0.25) is 0 Å². The average molecular weight is 496 g/mol. The summed E-state index contributed by atoms with van der Waals surface area (Å²) >= 11 is 0. The van der Waals surface area contributed by atoms with Crippen LogP contribution in [0.4, 0.5) is 21.5 Å². The maximum Gasteiger partial charge on any atom is 0.271 e. The quantitative estimate of drug-likeness (QED) is 0.378. The van der Waals surface area contributed by atoms with Crippen molar-refractivity contribution in [1.82, 2.24) is 9.47 Å². The number of aromatic nitrogens is 1. The van der Waals surface area contributed by atoms with E-state index in [0.29, 0.717) is 17.9 Å². The predicted octanol–water partition coefficient (Wildman–Crippen LogP) is 2.87. The van der Waals surface area contributed by atoms with Gasteiger partial charge in [0.1, 0.15) is 12.4 Å². The molecule has 1 fully saturated rings. The van der Waals surface area contributed by atoms with Crippen LogP contribution >= 0.6 is 0 Å². The molecule has 2 aromatic carbocycles. The van der Waals surface area contributed by atoms with Crippen molar-refractivity contribution in [3.63, 3.8) is 0 Å². The predicted molar refractivity (Wildman–Crippen MR) is 133 cm³/mol. The maximum atomic E-state index is 13.2. The van der Waals surface area contributed by atoms with Crippen LogP contribution in [0.25, 0.3) is 0 Å². The molecule has 36 heavy (non-hydrogen) atoms. The van der Waals surface area contributed by atoms with Crippen LogP contribution in [0.15, 0.2) is 65.6 Å². The molecule has 10 nitrogen and oxygen atoms in total. The number of carbonyl (C=O) groups excluding carboxylic acids is 1. The number of nitro benzene ring substituents is 1. The Balaban J connectivity index is 1.45. The summed E-state index contributed by atoms with van der Waals surface area (Å²) < 4.78 is 20.0. The molecule has 2 heterocycles. The van der Waals surface area contributed by atoms with Crippen molar-refractivity contribution in [3.05, 3.63) is 92.6 Å². The van der Waals surface area contributed by atoms with E-state index in [4.69, 9.17) is 4.74 Å². The number of nitrogens with one attached hydrogen (secondary N) is 1. The first-order valence-electron chi connectivity index (χ1n) is 11.4. The molecule has 1 aliphatic rings. The van der Waals surface area contributed by atoms with Crippen molar-refractivity contribution in [2.45, 2.75) is 13.1 Å². The minimum Gasteiger partial charge on any atom is -0.491 e. The van der Waals surface area contributed by atoms with Gasteiger partial charge in [-0.1, -0.05) is 6.07 Å². The first-order valence-corrected chi connectivity index (χ1v) is 11.4. The average Bonchev–Trinajstić information content (AvgIpc) is 2.86. The summed E-state index contributed by atoms with van der Waals surface area (Å²) in [5, 5.41) is 13.7. The van der Waals surface area contributed by atoms with Crippen LogP contribution in [0.1, 0.15) is 5.69 Å². The number of piperazine rings is 1. The minimum absolute atomic E-state index is 0.107. The molecular formula is C25H26FN5O5. The number of amides is 1. The Labute approximate surface area is 206 Å². The number of rotatable bonds is 8. The van der Waals surface area contributed by atoms with E-state index in [-0.39, 0.29) is 29.2 Å². The topological polar surface area (TPSA) is 110 Å². The molecule has 188 valence electrons. The summed E-state index contributed by atoms with van der Waals surface area (Å²) in [6.45, 7) is 3.25. The summed E-state index contributed by atoms with van der Waals surface area (Å²) in [5.74, 6) is -0.559. The molecule has 0 unspecified atom stereocenters. The fourth-order valence-corrected chi connectivity index (χ4v) is 4.13. The first-order chi connectivity index (χ1) is 17.3. The van der Waals surface area contributed by atoms with E-state index in [1.165, 1.54) is 49.7 Å². The van der Waals surface area contributed by atoms with Crippen molar-refractivity contribution >= 4 is 23.0 Å². The number of nitrogens with zero attached hydrogens (tertiary/aromatic N) is 4. The van der Waals surface area contributed by atoms with Crippen molar-refractivity contribution in [1.29, 1.82) is 0 Å². The Morgan fingerprint density at radius 3 is 2.50 bits per heavy atom. The highest BCUT2D eigenvalue weighted by molar-refractivity contribution is 5.90. The van der Waals surface area contributed by atoms with Gasteiger partial charge in [-0.3, -0.25) is 24.6 Å². The highest BCUT2D eigenvalue weighted by Gasteiger charge is 2.20. The molecule has 11 heteroatoms. The molecule has 0 bridgehead atoms. The van der Waals surface area contributed by atoms with E-state index in [1.807, 2.05) is 0 Å². The molecule has 1 amide bonds. The minimum atomic E-state index is -0.532. The van der Waals surface area contributed by atoms with E-state index in [0.717, 1.165) is 31.9 Å². The van der Waals surface area contributed by atoms with E-state index in [9.17, 15) is 24.1 Å². The smallest absolute Gasteiger partial charge is 0.271 e. The second-order valence-corrected chi connectivity index (χ2v) is 8.42. The number of carbonyl (C=O) groups is 1. The number of methoxy groups -OCH3 is 1. The second kappa shape index (κ2) is 11.0. The number of pyridine rings is 1. The van der Waals surface area contributed by atoms with Gasteiger partial charge in [0, 0.05) is 68.0 Å². The van der Waals surface area contributed by atoms with Crippen LogP contribution in [0, 0.1) is 15.9 Å². The third-order valence-electron chi connectivity index (χ3n) is 6.01. The monoisotopic (exact) mass is 495 g/mol. The Hall–Kier alpha value is -4.25. The summed E-state index contributed by atoms with van der Waals surface area (Å²) in [5.41, 5.74) is 1.49. The van der Waals surface area contributed by atoms with E-state index < -0.39 is 10.8 Å². The number of hydrogen-bond acceptors (Lipinski definition) is 7. The highest BCUT2D eigenvalue weighted by Crippen LogP contribution is 2.19. The molecule has 1 aliphatic heterocycles. The molecule has 1 saturated heterocycles. The molecule has 1 N–H and O–H groups in total. The van der Waals surface area contributed by atoms with Gasteiger partial charge in [0.15, 0.2) is 5.75 Å². The number of non-ortho nitro benzene ring substituents is 1. The normalized spacial score (nSPS) is 13.9. The van der Waals surface area contributed by atoms with Gasteiger partial charge in [-0.15, -0.1) is 0 Å². The molecule has 0 atom stereocenters. The summed E-state index contributed by atoms with van der Waals surface area (Å²) in [4.78, 5) is 40.0. The number of anilines is 2. The van der Waals surface area contributed by atoms with E-state index >= 15 is 0 Å². The van der Waals surface area contributed by atoms with Crippen molar-refractivity contribution in [3.8, 4) is 5.75 Å². The van der Waals surface area contributed by atoms with E-state index in [2.05, 4.69) is 15.1 Å². The lowest BCUT2D eigenvalue weighted by Gasteiger charge is -2.36. The van der Waals surface area contributed by atoms with Crippen molar-refractivity contribution in [2.75, 3.05) is 43.5 Å². The summed E-state index contributed by atoms with van der Waals surface area (Å²) in [6, 6.07) is 13.5. The lowest BCUT2D eigenvalue weighted by molar-refractivity contribution is -0.384. The standard InChI is InChI=1S/C25H26FN5O5/c1-36-24-16-30(17-25(33)27-19-3-2-4-21(13-19)31(34)35)22(14-23(24)32)15-28-9-11-29(12-10-28)20-7-5-18(26)6-8-20/h2-8,13-14,16H,9-12,15,17H2,1H3,(H,27,33). The molecule has 0 spiro atoms. The molecular weight excluding hydrogens is 469 g/mol. The molecule has 4 rings (SSSR count). The molecule has 1 aromatic heterocycles. The first kappa shape index (κ1) is 24.9. The maximum absolute atomic E-state index is 13.2. The molecule has 0 aliphatic carbocycles. The number of hydrogen-bond donors (Lipinski definition) is 1. The fourth-order valence-electron chi connectivity index (χ4n) is 4.13. The van der Waals surface area contributed by atoms with Gasteiger partial charge in [-0.25, -0.2) is 4.39 Å². The van der Waals surface area contributed by atoms with Crippen LogP contribution in [-0.4, -0.2) is 53.6 Å². The number of ether oxygens (including phenoxy) is 1. The van der Waals surface area contributed by atoms with Gasteiger partial charge in [0.05, 0.1) is 18.2 Å². The Morgan fingerprint density at radius 1 is 1.11 bits per heavy atom. The molecule has 3 aromatic rings. The number of benzene rings is 2. The summed E-state index contributed by atoms with van der Waals surface area (Å²) in [7, 11) is 1.39.